The highest BCUT2D eigenvalue weighted by Gasteiger charge is 2.38. The number of carbonyl (C=O) groups is 1. The number of nitrogens with zero attached hydrogens (tertiary/aromatic N) is 3. The molecular formula is C19H23BrF3N7O3. The molecule has 10 nitrogen and oxygen atoms in total. The van der Waals surface area contributed by atoms with Gasteiger partial charge in [0.15, 0.2) is 5.96 Å². The van der Waals surface area contributed by atoms with Gasteiger partial charge in [-0.2, -0.15) is 18.2 Å². The second-order valence-electron chi connectivity index (χ2n) is 6.79. The number of aliphatic imine (C=N–C) groups is 1. The molecule has 33 heavy (non-hydrogen) atoms. The van der Waals surface area contributed by atoms with Crippen molar-refractivity contribution in [3.63, 3.8) is 0 Å². The largest absolute Gasteiger partial charge is 0.490 e. The SMILES string of the molecule is NC(N)=NCCCCCNc1noc(Cc2c[nH]c3cc(Br)ccc23)n1.O=C(O)C(F)(F)F. The van der Waals surface area contributed by atoms with Crippen molar-refractivity contribution in [1.82, 2.24) is 15.1 Å². The normalized spacial score (nSPS) is 11.0. The lowest BCUT2D eigenvalue weighted by Crippen LogP contribution is -2.22. The molecule has 7 N–H and O–H groups in total. The van der Waals surface area contributed by atoms with Gasteiger partial charge in [0.2, 0.25) is 5.89 Å². The minimum Gasteiger partial charge on any atom is -0.475 e. The molecule has 0 fully saturated rings. The van der Waals surface area contributed by atoms with E-state index in [-0.39, 0.29) is 5.96 Å². The number of rotatable bonds is 9. The Morgan fingerprint density at radius 2 is 2.00 bits per heavy atom. The molecule has 1 aromatic carbocycles. The second-order valence-corrected chi connectivity index (χ2v) is 7.70. The van der Waals surface area contributed by atoms with Crippen molar-refractivity contribution in [2.24, 2.45) is 16.5 Å². The van der Waals surface area contributed by atoms with E-state index < -0.39 is 12.1 Å². The molecule has 0 saturated heterocycles. The van der Waals surface area contributed by atoms with Crippen molar-refractivity contribution in [3.8, 4) is 0 Å². The third-order valence-corrected chi connectivity index (χ3v) is 4.69. The third kappa shape index (κ3) is 9.00. The van der Waals surface area contributed by atoms with Crippen LogP contribution in [0.15, 0.2) is 38.4 Å². The Balaban J connectivity index is 0.000000479. The Labute approximate surface area is 194 Å². The van der Waals surface area contributed by atoms with Crippen LogP contribution in [0, 0.1) is 0 Å². The maximum Gasteiger partial charge on any atom is 0.490 e. The van der Waals surface area contributed by atoms with Crippen molar-refractivity contribution >= 4 is 44.7 Å². The lowest BCUT2D eigenvalue weighted by molar-refractivity contribution is -0.192. The number of aromatic nitrogens is 3. The molecule has 0 spiro atoms. The Hall–Kier alpha value is -3.29. The smallest absolute Gasteiger partial charge is 0.475 e. The number of unbranched alkanes of at least 4 members (excludes halogenated alkanes) is 2. The highest BCUT2D eigenvalue weighted by Crippen LogP contribution is 2.24. The average molecular weight is 534 g/mol. The zero-order valence-corrected chi connectivity index (χ0v) is 18.9. The van der Waals surface area contributed by atoms with Crippen LogP contribution in [0.1, 0.15) is 30.7 Å². The first-order valence-corrected chi connectivity index (χ1v) is 10.5. The van der Waals surface area contributed by atoms with E-state index in [9.17, 15) is 13.2 Å². The van der Waals surface area contributed by atoms with Crippen molar-refractivity contribution in [1.29, 1.82) is 0 Å². The first-order chi connectivity index (χ1) is 15.6. The van der Waals surface area contributed by atoms with E-state index >= 15 is 0 Å². The second kappa shape index (κ2) is 12.1. The number of hydrogen-bond acceptors (Lipinski definition) is 6. The molecule has 0 saturated carbocycles. The van der Waals surface area contributed by atoms with Crippen molar-refractivity contribution in [3.05, 3.63) is 40.3 Å². The lowest BCUT2D eigenvalue weighted by atomic mass is 10.1. The molecule has 0 aliphatic carbocycles. The number of fused-ring (bicyclic) bond motifs is 1. The van der Waals surface area contributed by atoms with Crippen LogP contribution in [0.5, 0.6) is 0 Å². The number of guanidine groups is 1. The van der Waals surface area contributed by atoms with Crippen LogP contribution < -0.4 is 16.8 Å². The third-order valence-electron chi connectivity index (χ3n) is 4.19. The number of nitrogens with one attached hydrogen (secondary N) is 2. The average Bonchev–Trinajstić information content (AvgIpc) is 3.33. The molecule has 180 valence electrons. The van der Waals surface area contributed by atoms with Gasteiger partial charge in [0, 0.05) is 34.7 Å². The number of aliphatic carboxylic acids is 1. The summed E-state index contributed by atoms with van der Waals surface area (Å²) in [5.41, 5.74) is 12.8. The van der Waals surface area contributed by atoms with Gasteiger partial charge in [-0.3, -0.25) is 4.99 Å². The molecule has 2 aromatic heterocycles. The summed E-state index contributed by atoms with van der Waals surface area (Å²) in [4.78, 5) is 20.5. The summed E-state index contributed by atoms with van der Waals surface area (Å²) in [7, 11) is 0. The molecule has 0 radical (unpaired) electrons. The molecule has 3 aromatic rings. The predicted molar refractivity (Wildman–Crippen MR) is 120 cm³/mol. The van der Waals surface area contributed by atoms with E-state index in [1.165, 1.54) is 0 Å². The lowest BCUT2D eigenvalue weighted by Gasteiger charge is -2.00. The zero-order chi connectivity index (χ0) is 24.4. The number of alkyl halides is 3. The Morgan fingerprint density at radius 3 is 2.67 bits per heavy atom. The number of anilines is 1. The molecule has 0 bridgehead atoms. The van der Waals surface area contributed by atoms with Gasteiger partial charge in [0.25, 0.3) is 5.95 Å². The molecular weight excluding hydrogens is 511 g/mol. The van der Waals surface area contributed by atoms with Gasteiger partial charge in [-0.15, -0.1) is 0 Å². The van der Waals surface area contributed by atoms with Gasteiger partial charge in [0.05, 0.1) is 6.42 Å². The fourth-order valence-electron chi connectivity index (χ4n) is 2.69. The number of carboxylic acids is 1. The zero-order valence-electron chi connectivity index (χ0n) is 17.3. The summed E-state index contributed by atoms with van der Waals surface area (Å²) in [6.45, 7) is 1.44. The molecule has 0 unspecified atom stereocenters. The number of hydrogen-bond donors (Lipinski definition) is 5. The summed E-state index contributed by atoms with van der Waals surface area (Å²) in [6.07, 6.45) is 0.453. The van der Waals surface area contributed by atoms with Crippen LogP contribution in [0.4, 0.5) is 19.1 Å². The van der Waals surface area contributed by atoms with Crippen LogP contribution in [0.2, 0.25) is 0 Å². The first kappa shape index (κ1) is 26.0. The molecule has 0 atom stereocenters. The van der Waals surface area contributed by atoms with Crippen LogP contribution in [-0.4, -0.2) is 51.4 Å². The number of benzene rings is 1. The van der Waals surface area contributed by atoms with Crippen molar-refractivity contribution in [2.75, 3.05) is 18.4 Å². The number of carboxylic acid groups (broad SMARTS) is 1. The fraction of sp³-hybridized carbons (Fsp3) is 0.368. The van der Waals surface area contributed by atoms with Crippen LogP contribution in [-0.2, 0) is 11.2 Å². The minimum absolute atomic E-state index is 0.144. The first-order valence-electron chi connectivity index (χ1n) is 9.73. The quantitative estimate of drug-likeness (QED) is 0.158. The van der Waals surface area contributed by atoms with E-state index in [2.05, 4.69) is 47.4 Å². The van der Waals surface area contributed by atoms with Gasteiger partial charge in [-0.05, 0) is 42.1 Å². The van der Waals surface area contributed by atoms with Gasteiger partial charge in [-0.1, -0.05) is 22.0 Å². The van der Waals surface area contributed by atoms with Gasteiger partial charge in [0.1, 0.15) is 0 Å². The van der Waals surface area contributed by atoms with Gasteiger partial charge < -0.3 is 31.4 Å². The monoisotopic (exact) mass is 533 g/mol. The highest BCUT2D eigenvalue weighted by atomic mass is 79.9. The van der Waals surface area contributed by atoms with E-state index in [0.29, 0.717) is 24.8 Å². The van der Waals surface area contributed by atoms with E-state index in [4.69, 9.17) is 25.9 Å². The van der Waals surface area contributed by atoms with Gasteiger partial charge >= 0.3 is 12.1 Å². The topological polar surface area (TPSA) is 168 Å². The number of halogens is 4. The Bertz CT molecular complexity index is 1080. The standard InChI is InChI=1S/C17H22BrN7O.C2HF3O2/c18-12-4-5-13-11(10-23-14(13)9-12)8-15-24-17(25-26-15)22-7-3-1-2-6-21-16(19)20;3-2(4,5)1(6)7/h4-5,9-10,23H,1-3,6-8H2,(H,22,25)(H4,19,20,21);(H,6,7). The minimum atomic E-state index is -5.08. The van der Waals surface area contributed by atoms with Gasteiger partial charge in [-0.25, -0.2) is 4.79 Å². The highest BCUT2D eigenvalue weighted by molar-refractivity contribution is 9.10. The number of nitrogens with two attached hydrogens (primary N) is 2. The molecule has 0 aliphatic rings. The molecule has 3 rings (SSSR count). The molecule has 2 heterocycles. The summed E-state index contributed by atoms with van der Waals surface area (Å²) in [6, 6.07) is 6.14. The molecule has 0 amide bonds. The predicted octanol–water partition coefficient (Wildman–Crippen LogP) is 3.39. The Morgan fingerprint density at radius 1 is 1.27 bits per heavy atom. The summed E-state index contributed by atoms with van der Waals surface area (Å²) < 4.78 is 38.1. The number of aromatic amines is 1. The number of H-pyrrole nitrogens is 1. The van der Waals surface area contributed by atoms with Crippen LogP contribution in [0.3, 0.4) is 0 Å². The van der Waals surface area contributed by atoms with Crippen LogP contribution >= 0.6 is 15.9 Å². The molecule has 14 heteroatoms. The summed E-state index contributed by atoms with van der Waals surface area (Å²) >= 11 is 3.48. The maximum absolute atomic E-state index is 10.6. The van der Waals surface area contributed by atoms with E-state index in [1.54, 1.807) is 0 Å². The van der Waals surface area contributed by atoms with Crippen molar-refractivity contribution in [2.45, 2.75) is 31.9 Å². The van der Waals surface area contributed by atoms with Crippen LogP contribution in [0.25, 0.3) is 10.9 Å². The van der Waals surface area contributed by atoms with E-state index in [0.717, 1.165) is 46.7 Å². The van der Waals surface area contributed by atoms with Crippen molar-refractivity contribution < 1.29 is 27.6 Å². The Kier molecular flexibility index (Phi) is 9.51. The maximum atomic E-state index is 10.6. The van der Waals surface area contributed by atoms with E-state index in [1.807, 2.05) is 18.3 Å². The molecule has 0 aliphatic heterocycles. The summed E-state index contributed by atoms with van der Waals surface area (Å²) in [5, 5.41) is 15.4. The fourth-order valence-corrected chi connectivity index (χ4v) is 3.05. The summed E-state index contributed by atoms with van der Waals surface area (Å²) in [5.74, 6) is -1.51.